The number of likely N-dealkylation sites (N-methyl/N-ethyl adjacent to an activating group) is 1. The lowest BCUT2D eigenvalue weighted by atomic mass is 10.1. The van der Waals surface area contributed by atoms with E-state index in [1.807, 2.05) is 23.1 Å². The summed E-state index contributed by atoms with van der Waals surface area (Å²) in [5.74, 6) is 1.52. The molecule has 0 bridgehead atoms. The molecule has 2 heterocycles. The summed E-state index contributed by atoms with van der Waals surface area (Å²) in [6.07, 6.45) is 1.90. The van der Waals surface area contributed by atoms with Crippen molar-refractivity contribution in [2.75, 3.05) is 45.9 Å². The quantitative estimate of drug-likeness (QED) is 0.838. The van der Waals surface area contributed by atoms with Gasteiger partial charge >= 0.3 is 0 Å². The molecule has 1 aromatic carbocycles. The van der Waals surface area contributed by atoms with Gasteiger partial charge in [-0.1, -0.05) is 6.92 Å². The second-order valence-electron chi connectivity index (χ2n) is 5.79. The number of benzene rings is 1. The molecule has 1 amide bonds. The Morgan fingerprint density at radius 1 is 1.05 bits per heavy atom. The summed E-state index contributed by atoms with van der Waals surface area (Å²) in [6, 6.07) is 5.52. The Bertz CT molecular complexity index is 533. The van der Waals surface area contributed by atoms with Gasteiger partial charge in [0.1, 0.15) is 0 Å². The molecule has 0 aliphatic carbocycles. The molecule has 3 rings (SSSR count). The molecule has 1 aromatic rings. The third-order valence-electron chi connectivity index (χ3n) is 4.32. The fourth-order valence-corrected chi connectivity index (χ4v) is 2.97. The highest BCUT2D eigenvalue weighted by molar-refractivity contribution is 5.95. The van der Waals surface area contributed by atoms with Crippen LogP contribution >= 0.6 is 0 Å². The number of nitrogens with zero attached hydrogens (tertiary/aromatic N) is 2. The van der Waals surface area contributed by atoms with Gasteiger partial charge in [0, 0.05) is 31.6 Å². The molecule has 120 valence electrons. The minimum Gasteiger partial charge on any atom is -0.490 e. The summed E-state index contributed by atoms with van der Waals surface area (Å²) >= 11 is 0. The van der Waals surface area contributed by atoms with Gasteiger partial charge in [-0.2, -0.15) is 0 Å². The molecule has 5 heteroatoms. The van der Waals surface area contributed by atoms with Gasteiger partial charge in [-0.05, 0) is 37.7 Å². The predicted molar refractivity (Wildman–Crippen MR) is 84.7 cm³/mol. The van der Waals surface area contributed by atoms with Gasteiger partial charge < -0.3 is 19.3 Å². The summed E-state index contributed by atoms with van der Waals surface area (Å²) in [5, 5.41) is 0. The molecular formula is C17H24N2O3. The van der Waals surface area contributed by atoms with Crippen LogP contribution in [0.15, 0.2) is 18.2 Å². The van der Waals surface area contributed by atoms with E-state index in [4.69, 9.17) is 9.47 Å². The van der Waals surface area contributed by atoms with E-state index in [0.717, 1.165) is 51.3 Å². The number of amides is 1. The first-order valence-electron chi connectivity index (χ1n) is 8.19. The smallest absolute Gasteiger partial charge is 0.254 e. The molecule has 0 atom stereocenters. The summed E-state index contributed by atoms with van der Waals surface area (Å²) < 4.78 is 11.3. The Balaban J connectivity index is 1.73. The molecule has 0 unspecified atom stereocenters. The minimum absolute atomic E-state index is 0.0913. The van der Waals surface area contributed by atoms with E-state index in [2.05, 4.69) is 11.8 Å². The summed E-state index contributed by atoms with van der Waals surface area (Å²) in [6.45, 7) is 8.16. The maximum absolute atomic E-state index is 12.7. The van der Waals surface area contributed by atoms with Gasteiger partial charge in [0.2, 0.25) is 0 Å². The van der Waals surface area contributed by atoms with Gasteiger partial charge in [-0.3, -0.25) is 4.79 Å². The zero-order valence-corrected chi connectivity index (χ0v) is 13.2. The maximum Gasteiger partial charge on any atom is 0.254 e. The lowest BCUT2D eigenvalue weighted by molar-refractivity contribution is 0.0761. The van der Waals surface area contributed by atoms with Crippen molar-refractivity contribution < 1.29 is 14.3 Å². The zero-order chi connectivity index (χ0) is 15.4. The molecule has 0 spiro atoms. The largest absolute Gasteiger partial charge is 0.490 e. The molecular weight excluding hydrogens is 280 g/mol. The van der Waals surface area contributed by atoms with E-state index in [1.165, 1.54) is 0 Å². The van der Waals surface area contributed by atoms with Gasteiger partial charge in [-0.25, -0.2) is 0 Å². The van der Waals surface area contributed by atoms with Crippen molar-refractivity contribution in [2.45, 2.75) is 19.8 Å². The number of hydrogen-bond donors (Lipinski definition) is 0. The molecule has 2 aliphatic rings. The summed E-state index contributed by atoms with van der Waals surface area (Å²) in [4.78, 5) is 17.1. The topological polar surface area (TPSA) is 42.0 Å². The van der Waals surface area contributed by atoms with E-state index >= 15 is 0 Å². The highest BCUT2D eigenvalue weighted by Gasteiger charge is 2.21. The zero-order valence-electron chi connectivity index (χ0n) is 13.2. The Kier molecular flexibility index (Phi) is 4.83. The normalized spacial score (nSPS) is 19.4. The average molecular weight is 304 g/mol. The average Bonchev–Trinajstić information content (AvgIpc) is 2.93. The van der Waals surface area contributed by atoms with Crippen LogP contribution in [0.4, 0.5) is 0 Å². The van der Waals surface area contributed by atoms with Gasteiger partial charge in [0.05, 0.1) is 13.2 Å². The Labute approximate surface area is 131 Å². The van der Waals surface area contributed by atoms with Crippen molar-refractivity contribution in [3.05, 3.63) is 23.8 Å². The van der Waals surface area contributed by atoms with Gasteiger partial charge in [-0.15, -0.1) is 0 Å². The van der Waals surface area contributed by atoms with Crippen LogP contribution in [0.25, 0.3) is 0 Å². The van der Waals surface area contributed by atoms with E-state index < -0.39 is 0 Å². The lowest BCUT2D eigenvalue weighted by Crippen LogP contribution is -2.35. The third kappa shape index (κ3) is 3.35. The first kappa shape index (κ1) is 15.2. The van der Waals surface area contributed by atoms with Gasteiger partial charge in [0.25, 0.3) is 5.91 Å². The number of ether oxygens (including phenoxy) is 2. The molecule has 0 N–H and O–H groups in total. The van der Waals surface area contributed by atoms with Crippen molar-refractivity contribution in [3.8, 4) is 11.5 Å². The summed E-state index contributed by atoms with van der Waals surface area (Å²) in [5.41, 5.74) is 0.689. The van der Waals surface area contributed by atoms with Crippen molar-refractivity contribution in [2.24, 2.45) is 0 Å². The molecule has 22 heavy (non-hydrogen) atoms. The van der Waals surface area contributed by atoms with Crippen molar-refractivity contribution in [1.82, 2.24) is 9.80 Å². The Morgan fingerprint density at radius 2 is 1.86 bits per heavy atom. The van der Waals surface area contributed by atoms with Crippen LogP contribution in [-0.2, 0) is 0 Å². The minimum atomic E-state index is 0.0913. The van der Waals surface area contributed by atoms with Crippen LogP contribution < -0.4 is 9.47 Å². The first-order valence-corrected chi connectivity index (χ1v) is 8.19. The van der Waals surface area contributed by atoms with Crippen LogP contribution in [0.1, 0.15) is 30.1 Å². The lowest BCUT2D eigenvalue weighted by Gasteiger charge is -2.21. The van der Waals surface area contributed by atoms with Crippen LogP contribution in [0, 0.1) is 0 Å². The molecule has 2 aliphatic heterocycles. The number of rotatable bonds is 2. The SMILES string of the molecule is CCN1CCCN(C(=O)c2ccc3c(c2)OCCCO3)CC1. The molecule has 0 saturated carbocycles. The van der Waals surface area contributed by atoms with Gasteiger partial charge in [0.15, 0.2) is 11.5 Å². The fourth-order valence-electron chi connectivity index (χ4n) is 2.97. The third-order valence-corrected chi connectivity index (χ3v) is 4.32. The van der Waals surface area contributed by atoms with Crippen molar-refractivity contribution in [3.63, 3.8) is 0 Å². The van der Waals surface area contributed by atoms with Crippen LogP contribution in [0.2, 0.25) is 0 Å². The Morgan fingerprint density at radius 3 is 2.68 bits per heavy atom. The standard InChI is InChI=1S/C17H24N2O3/c1-2-18-7-3-8-19(10-9-18)17(20)14-5-6-15-16(13-14)22-12-4-11-21-15/h5-6,13H,2-4,7-12H2,1H3. The van der Waals surface area contributed by atoms with E-state index in [-0.39, 0.29) is 5.91 Å². The van der Waals surface area contributed by atoms with Crippen LogP contribution in [0.5, 0.6) is 11.5 Å². The number of hydrogen-bond acceptors (Lipinski definition) is 4. The molecule has 5 nitrogen and oxygen atoms in total. The molecule has 1 saturated heterocycles. The van der Waals surface area contributed by atoms with Crippen LogP contribution in [0.3, 0.4) is 0 Å². The predicted octanol–water partition coefficient (Wildman–Crippen LogP) is 2.02. The highest BCUT2D eigenvalue weighted by atomic mass is 16.5. The maximum atomic E-state index is 12.7. The van der Waals surface area contributed by atoms with E-state index in [1.54, 1.807) is 0 Å². The second kappa shape index (κ2) is 7.01. The van der Waals surface area contributed by atoms with E-state index in [9.17, 15) is 4.79 Å². The number of carbonyl (C=O) groups is 1. The number of carbonyl (C=O) groups excluding carboxylic acids is 1. The first-order chi connectivity index (χ1) is 10.8. The second-order valence-corrected chi connectivity index (χ2v) is 5.79. The highest BCUT2D eigenvalue weighted by Crippen LogP contribution is 2.30. The molecule has 0 radical (unpaired) electrons. The number of fused-ring (bicyclic) bond motifs is 1. The molecule has 1 fully saturated rings. The monoisotopic (exact) mass is 304 g/mol. The van der Waals surface area contributed by atoms with E-state index in [0.29, 0.717) is 24.5 Å². The Hall–Kier alpha value is -1.75. The van der Waals surface area contributed by atoms with Crippen molar-refractivity contribution >= 4 is 5.91 Å². The van der Waals surface area contributed by atoms with Crippen LogP contribution in [-0.4, -0.2) is 61.6 Å². The fraction of sp³-hybridized carbons (Fsp3) is 0.588. The molecule has 0 aromatic heterocycles. The summed E-state index contributed by atoms with van der Waals surface area (Å²) in [7, 11) is 0. The van der Waals surface area contributed by atoms with Crippen molar-refractivity contribution in [1.29, 1.82) is 0 Å².